The number of Topliss-reactive ketones (excluding diaryl/α,β-unsaturated/α-hetero) is 1. The number of aromatic amines is 1. The minimum atomic E-state index is -3.71. The number of H-pyrrole nitrogens is 1. The van der Waals surface area contributed by atoms with Crippen LogP contribution in [0.1, 0.15) is 34.6 Å². The molecule has 0 aliphatic rings. The van der Waals surface area contributed by atoms with Crippen LogP contribution in [-0.4, -0.2) is 37.7 Å². The Kier molecular flexibility index (Phi) is 5.19. The third-order valence-corrected chi connectivity index (χ3v) is 5.85. The number of rotatable bonds is 6. The van der Waals surface area contributed by atoms with Crippen molar-refractivity contribution in [2.24, 2.45) is 5.14 Å². The van der Waals surface area contributed by atoms with Crippen molar-refractivity contribution < 1.29 is 13.2 Å². The van der Waals surface area contributed by atoms with Gasteiger partial charge < -0.3 is 4.98 Å². The summed E-state index contributed by atoms with van der Waals surface area (Å²) in [6, 6.07) is 14.1. The highest BCUT2D eigenvalue weighted by atomic mass is 32.2. The number of primary sulfonamides is 1. The van der Waals surface area contributed by atoms with Crippen LogP contribution < -0.4 is 5.14 Å². The summed E-state index contributed by atoms with van der Waals surface area (Å²) in [5.41, 5.74) is 3.44. The lowest BCUT2D eigenvalue weighted by atomic mass is 10.0. The molecule has 0 fully saturated rings. The second-order valence-electron chi connectivity index (χ2n) is 6.80. The van der Waals surface area contributed by atoms with Gasteiger partial charge in [-0.15, -0.1) is 0 Å². The molecule has 142 valence electrons. The van der Waals surface area contributed by atoms with Crippen molar-refractivity contribution >= 4 is 26.7 Å². The predicted molar refractivity (Wildman–Crippen MR) is 106 cm³/mol. The van der Waals surface area contributed by atoms with Gasteiger partial charge in [0.2, 0.25) is 10.0 Å². The average molecular weight is 385 g/mol. The molecular weight excluding hydrogens is 362 g/mol. The van der Waals surface area contributed by atoms with Crippen LogP contribution in [0.25, 0.3) is 10.9 Å². The minimum absolute atomic E-state index is 0.0421. The van der Waals surface area contributed by atoms with Crippen LogP contribution in [-0.2, 0) is 10.0 Å². The van der Waals surface area contributed by atoms with Crippen molar-refractivity contribution in [3.63, 3.8) is 0 Å². The van der Waals surface area contributed by atoms with Gasteiger partial charge in [-0.25, -0.2) is 13.6 Å². The summed E-state index contributed by atoms with van der Waals surface area (Å²) < 4.78 is 22.8. The smallest absolute Gasteiger partial charge is 0.238 e. The molecule has 0 amide bonds. The molecule has 0 aliphatic carbocycles. The number of para-hydroxylation sites is 1. The number of aryl methyl sites for hydroxylation is 1. The van der Waals surface area contributed by atoms with Crippen molar-refractivity contribution in [1.82, 2.24) is 9.88 Å². The van der Waals surface area contributed by atoms with Crippen LogP contribution in [0.15, 0.2) is 53.4 Å². The van der Waals surface area contributed by atoms with Crippen LogP contribution in [0.2, 0.25) is 0 Å². The highest BCUT2D eigenvalue weighted by Crippen LogP contribution is 2.25. The van der Waals surface area contributed by atoms with Gasteiger partial charge in [-0.05, 0) is 44.7 Å². The molecule has 27 heavy (non-hydrogen) atoms. The van der Waals surface area contributed by atoms with Gasteiger partial charge in [0, 0.05) is 28.2 Å². The van der Waals surface area contributed by atoms with E-state index in [9.17, 15) is 13.2 Å². The Labute approximate surface area is 159 Å². The van der Waals surface area contributed by atoms with Crippen molar-refractivity contribution in [3.05, 3.63) is 65.4 Å². The number of hydrogen-bond donors (Lipinski definition) is 2. The Bertz CT molecular complexity index is 1090. The molecule has 0 spiro atoms. The maximum absolute atomic E-state index is 12.9. The normalized spacial score (nSPS) is 13.2. The van der Waals surface area contributed by atoms with E-state index < -0.39 is 10.0 Å². The number of ketones is 1. The summed E-state index contributed by atoms with van der Waals surface area (Å²) >= 11 is 0. The van der Waals surface area contributed by atoms with E-state index in [4.69, 9.17) is 5.14 Å². The molecule has 2 aromatic carbocycles. The first-order valence-corrected chi connectivity index (χ1v) is 10.2. The molecule has 3 rings (SSSR count). The van der Waals surface area contributed by atoms with Crippen LogP contribution >= 0.6 is 0 Å². The zero-order chi connectivity index (χ0) is 19.8. The Hall–Kier alpha value is -2.48. The van der Waals surface area contributed by atoms with E-state index in [1.807, 2.05) is 50.1 Å². The molecule has 0 aliphatic heterocycles. The number of aromatic nitrogens is 1. The molecule has 6 nitrogen and oxygen atoms in total. The zero-order valence-corrected chi connectivity index (χ0v) is 16.4. The lowest BCUT2D eigenvalue weighted by Gasteiger charge is -2.24. The van der Waals surface area contributed by atoms with E-state index in [2.05, 4.69) is 4.98 Å². The van der Waals surface area contributed by atoms with Gasteiger partial charge in [-0.2, -0.15) is 0 Å². The third kappa shape index (κ3) is 3.95. The number of sulfonamides is 1. The number of nitrogens with one attached hydrogen (secondary N) is 1. The largest absolute Gasteiger partial charge is 0.358 e. The maximum Gasteiger partial charge on any atom is 0.238 e. The highest BCUT2D eigenvalue weighted by molar-refractivity contribution is 7.89. The molecule has 0 saturated heterocycles. The number of benzene rings is 2. The first-order chi connectivity index (χ1) is 12.7. The molecule has 3 N–H and O–H groups in total. The first-order valence-electron chi connectivity index (χ1n) is 8.62. The quantitative estimate of drug-likeness (QED) is 0.638. The standard InChI is InChI=1S/C20H23N3O3S/c1-13-20(17-6-4-5-7-18(17)22-13)19(24)12-23(3)14(2)15-8-10-16(11-9-15)27(21,25)26/h4-11,14,22H,12H2,1-3H3,(H2,21,25,26)/t14-/m1/s1. The number of carbonyl (C=O) groups is 1. The number of likely N-dealkylation sites (N-methyl/N-ethyl adjacent to an activating group) is 1. The fourth-order valence-electron chi connectivity index (χ4n) is 3.27. The van der Waals surface area contributed by atoms with Crippen LogP contribution in [0.3, 0.4) is 0 Å². The molecule has 0 radical (unpaired) electrons. The van der Waals surface area contributed by atoms with Gasteiger partial charge in [0.15, 0.2) is 5.78 Å². The topological polar surface area (TPSA) is 96.3 Å². The average Bonchev–Trinajstić information content (AvgIpc) is 2.96. The van der Waals surface area contributed by atoms with E-state index in [1.54, 1.807) is 12.1 Å². The first kappa shape index (κ1) is 19.3. The third-order valence-electron chi connectivity index (χ3n) is 4.92. The second-order valence-corrected chi connectivity index (χ2v) is 8.36. The van der Waals surface area contributed by atoms with Gasteiger partial charge in [0.1, 0.15) is 0 Å². The van der Waals surface area contributed by atoms with E-state index >= 15 is 0 Å². The second kappa shape index (κ2) is 7.26. The van der Waals surface area contributed by atoms with E-state index in [-0.39, 0.29) is 23.3 Å². The van der Waals surface area contributed by atoms with E-state index in [0.717, 1.165) is 22.2 Å². The number of hydrogen-bond acceptors (Lipinski definition) is 4. The van der Waals surface area contributed by atoms with Crippen molar-refractivity contribution in [2.75, 3.05) is 13.6 Å². The molecule has 0 bridgehead atoms. The van der Waals surface area contributed by atoms with Crippen LogP contribution in [0.5, 0.6) is 0 Å². The SMILES string of the molecule is Cc1[nH]c2ccccc2c1C(=O)CN(C)[C@H](C)c1ccc(S(N)(=O)=O)cc1. The van der Waals surface area contributed by atoms with Crippen LogP contribution in [0.4, 0.5) is 0 Å². The van der Waals surface area contributed by atoms with Gasteiger partial charge in [-0.1, -0.05) is 30.3 Å². The monoisotopic (exact) mass is 385 g/mol. The number of nitrogens with two attached hydrogens (primary N) is 1. The van der Waals surface area contributed by atoms with Crippen molar-refractivity contribution in [3.8, 4) is 0 Å². The fraction of sp³-hybridized carbons (Fsp3) is 0.250. The lowest BCUT2D eigenvalue weighted by Crippen LogP contribution is -2.29. The van der Waals surface area contributed by atoms with Gasteiger partial charge >= 0.3 is 0 Å². The van der Waals surface area contributed by atoms with Gasteiger partial charge in [0.25, 0.3) is 0 Å². The van der Waals surface area contributed by atoms with Gasteiger partial charge in [0.05, 0.1) is 11.4 Å². The van der Waals surface area contributed by atoms with Crippen molar-refractivity contribution in [1.29, 1.82) is 0 Å². The zero-order valence-electron chi connectivity index (χ0n) is 15.6. The molecular formula is C20H23N3O3S. The van der Waals surface area contributed by atoms with Gasteiger partial charge in [-0.3, -0.25) is 9.69 Å². The Morgan fingerprint density at radius 2 is 1.78 bits per heavy atom. The number of nitrogens with zero attached hydrogens (tertiary/aromatic N) is 1. The van der Waals surface area contributed by atoms with Crippen molar-refractivity contribution in [2.45, 2.75) is 24.8 Å². The fourth-order valence-corrected chi connectivity index (χ4v) is 3.78. The maximum atomic E-state index is 12.9. The summed E-state index contributed by atoms with van der Waals surface area (Å²) in [7, 11) is -1.84. The summed E-state index contributed by atoms with van der Waals surface area (Å²) in [5.74, 6) is 0.0421. The Morgan fingerprint density at radius 3 is 2.41 bits per heavy atom. The summed E-state index contributed by atoms with van der Waals surface area (Å²) in [5, 5.41) is 6.07. The molecule has 0 saturated carbocycles. The summed E-state index contributed by atoms with van der Waals surface area (Å²) in [4.78, 5) is 18.2. The Balaban J connectivity index is 1.78. The van der Waals surface area contributed by atoms with Crippen LogP contribution in [0, 0.1) is 6.92 Å². The van der Waals surface area contributed by atoms with E-state index in [1.165, 1.54) is 12.1 Å². The Morgan fingerprint density at radius 1 is 1.15 bits per heavy atom. The molecule has 7 heteroatoms. The predicted octanol–water partition coefficient (Wildman–Crippen LogP) is 3.00. The summed E-state index contributed by atoms with van der Waals surface area (Å²) in [6.45, 7) is 4.13. The lowest BCUT2D eigenvalue weighted by molar-refractivity contribution is 0.0926. The number of carbonyl (C=O) groups excluding carboxylic acids is 1. The van der Waals surface area contributed by atoms with E-state index in [0.29, 0.717) is 5.56 Å². The summed E-state index contributed by atoms with van der Waals surface area (Å²) in [6.07, 6.45) is 0. The highest BCUT2D eigenvalue weighted by Gasteiger charge is 2.20. The number of fused-ring (bicyclic) bond motifs is 1. The molecule has 3 aromatic rings. The molecule has 0 unspecified atom stereocenters. The molecule has 1 atom stereocenters. The molecule has 1 heterocycles. The minimum Gasteiger partial charge on any atom is -0.358 e. The molecule has 1 aromatic heterocycles.